The highest BCUT2D eigenvalue weighted by molar-refractivity contribution is 5.75. The summed E-state index contributed by atoms with van der Waals surface area (Å²) in [5, 5.41) is 0. The van der Waals surface area contributed by atoms with Crippen LogP contribution in [0.1, 0.15) is 40.5 Å². The van der Waals surface area contributed by atoms with Crippen molar-refractivity contribution in [3.05, 3.63) is 0 Å². The zero-order valence-electron chi connectivity index (χ0n) is 10.9. The van der Waals surface area contributed by atoms with Gasteiger partial charge in [0.1, 0.15) is 6.79 Å². The van der Waals surface area contributed by atoms with Crippen molar-refractivity contribution in [2.24, 2.45) is 5.41 Å². The van der Waals surface area contributed by atoms with Crippen LogP contribution in [-0.4, -0.2) is 32.6 Å². The summed E-state index contributed by atoms with van der Waals surface area (Å²) in [6.45, 7) is 9.60. The van der Waals surface area contributed by atoms with Crippen molar-refractivity contribution in [1.82, 2.24) is 0 Å². The van der Waals surface area contributed by atoms with Crippen LogP contribution in [0.5, 0.6) is 0 Å². The summed E-state index contributed by atoms with van der Waals surface area (Å²) in [6.07, 6.45) is 1.49. The maximum absolute atomic E-state index is 11.5. The Balaban J connectivity index is 3.42. The minimum Gasteiger partial charge on any atom is -0.465 e. The molecule has 0 aliphatic heterocycles. The standard InChI is InChI=1S/C12H24O4/c1-5-12(3,4)11(13)16-9-7-8-15-10-14-6-2/h5-10H2,1-4H3. The van der Waals surface area contributed by atoms with E-state index < -0.39 is 0 Å². The van der Waals surface area contributed by atoms with Crippen molar-refractivity contribution in [2.75, 3.05) is 26.6 Å². The molecule has 0 aromatic heterocycles. The smallest absolute Gasteiger partial charge is 0.311 e. The number of ether oxygens (including phenoxy) is 3. The average Bonchev–Trinajstić information content (AvgIpc) is 2.27. The zero-order chi connectivity index (χ0) is 12.4. The molecule has 0 amide bonds. The van der Waals surface area contributed by atoms with E-state index in [0.717, 1.165) is 6.42 Å². The largest absolute Gasteiger partial charge is 0.465 e. The van der Waals surface area contributed by atoms with Crippen LogP contribution < -0.4 is 0 Å². The molecule has 4 heteroatoms. The molecule has 0 saturated carbocycles. The SMILES string of the molecule is CCOCOCCCOC(=O)C(C)(C)CC. The number of esters is 1. The van der Waals surface area contributed by atoms with Crippen LogP contribution in [-0.2, 0) is 19.0 Å². The first-order valence-corrected chi connectivity index (χ1v) is 5.87. The number of hydrogen-bond acceptors (Lipinski definition) is 4. The zero-order valence-corrected chi connectivity index (χ0v) is 10.9. The van der Waals surface area contributed by atoms with Gasteiger partial charge >= 0.3 is 5.97 Å². The van der Waals surface area contributed by atoms with E-state index in [-0.39, 0.29) is 11.4 Å². The molecule has 16 heavy (non-hydrogen) atoms. The lowest BCUT2D eigenvalue weighted by Crippen LogP contribution is -2.26. The molecule has 0 aliphatic rings. The Morgan fingerprint density at radius 1 is 1.12 bits per heavy atom. The maximum Gasteiger partial charge on any atom is 0.311 e. The fourth-order valence-corrected chi connectivity index (χ4v) is 0.867. The van der Waals surface area contributed by atoms with Crippen LogP contribution in [0.2, 0.25) is 0 Å². The topological polar surface area (TPSA) is 44.8 Å². The Hall–Kier alpha value is -0.610. The molecule has 0 fully saturated rings. The van der Waals surface area contributed by atoms with Gasteiger partial charge in [0.05, 0.1) is 18.6 Å². The number of rotatable bonds is 9. The van der Waals surface area contributed by atoms with Crippen LogP contribution in [0.15, 0.2) is 0 Å². The predicted octanol–water partition coefficient (Wildman–Crippen LogP) is 2.37. The molecule has 0 radical (unpaired) electrons. The third-order valence-corrected chi connectivity index (χ3v) is 2.47. The van der Waals surface area contributed by atoms with E-state index in [2.05, 4.69) is 0 Å². The highest BCUT2D eigenvalue weighted by Gasteiger charge is 2.26. The van der Waals surface area contributed by atoms with Gasteiger partial charge < -0.3 is 14.2 Å². The first-order chi connectivity index (χ1) is 7.54. The highest BCUT2D eigenvalue weighted by Crippen LogP contribution is 2.21. The summed E-state index contributed by atoms with van der Waals surface area (Å²) < 4.78 is 15.3. The predicted molar refractivity (Wildman–Crippen MR) is 62.1 cm³/mol. The van der Waals surface area contributed by atoms with E-state index in [0.29, 0.717) is 33.0 Å². The molecular formula is C12H24O4. The second-order valence-corrected chi connectivity index (χ2v) is 4.25. The van der Waals surface area contributed by atoms with Crippen molar-refractivity contribution in [1.29, 1.82) is 0 Å². The Morgan fingerprint density at radius 2 is 1.81 bits per heavy atom. The summed E-state index contributed by atoms with van der Waals surface area (Å²) in [5.41, 5.74) is -0.383. The van der Waals surface area contributed by atoms with Crippen molar-refractivity contribution >= 4 is 5.97 Å². The fourth-order valence-electron chi connectivity index (χ4n) is 0.867. The molecule has 0 rings (SSSR count). The summed E-state index contributed by atoms with van der Waals surface area (Å²) in [6, 6.07) is 0. The molecule has 0 atom stereocenters. The maximum atomic E-state index is 11.5. The summed E-state index contributed by atoms with van der Waals surface area (Å²) in [7, 11) is 0. The van der Waals surface area contributed by atoms with E-state index in [1.807, 2.05) is 27.7 Å². The normalized spacial score (nSPS) is 11.5. The fraction of sp³-hybridized carbons (Fsp3) is 0.917. The Bertz CT molecular complexity index is 189. The minimum atomic E-state index is -0.383. The molecular weight excluding hydrogens is 208 g/mol. The highest BCUT2D eigenvalue weighted by atomic mass is 16.7. The second kappa shape index (κ2) is 8.53. The van der Waals surface area contributed by atoms with Crippen molar-refractivity contribution in [3.8, 4) is 0 Å². The number of carbonyl (C=O) groups is 1. The molecule has 0 aromatic rings. The molecule has 0 heterocycles. The van der Waals surface area contributed by atoms with Gasteiger partial charge in [0, 0.05) is 13.0 Å². The molecule has 0 aromatic carbocycles. The van der Waals surface area contributed by atoms with Gasteiger partial charge in [-0.2, -0.15) is 0 Å². The first kappa shape index (κ1) is 15.4. The lowest BCUT2D eigenvalue weighted by molar-refractivity contribution is -0.154. The average molecular weight is 232 g/mol. The number of hydrogen-bond donors (Lipinski definition) is 0. The molecule has 0 bridgehead atoms. The van der Waals surface area contributed by atoms with Crippen LogP contribution >= 0.6 is 0 Å². The monoisotopic (exact) mass is 232 g/mol. The third-order valence-electron chi connectivity index (χ3n) is 2.47. The lowest BCUT2D eigenvalue weighted by Gasteiger charge is -2.20. The van der Waals surface area contributed by atoms with Gasteiger partial charge in [-0.25, -0.2) is 0 Å². The van der Waals surface area contributed by atoms with Crippen LogP contribution in [0.4, 0.5) is 0 Å². The van der Waals surface area contributed by atoms with Crippen molar-refractivity contribution in [2.45, 2.75) is 40.5 Å². The van der Waals surface area contributed by atoms with Gasteiger partial charge in [0.2, 0.25) is 0 Å². The molecule has 0 aliphatic carbocycles. The van der Waals surface area contributed by atoms with E-state index in [1.54, 1.807) is 0 Å². The summed E-state index contributed by atoms with van der Waals surface area (Å²) in [4.78, 5) is 11.5. The Morgan fingerprint density at radius 3 is 2.38 bits per heavy atom. The quantitative estimate of drug-likeness (QED) is 0.348. The molecule has 0 spiro atoms. The van der Waals surface area contributed by atoms with Crippen LogP contribution in [0.3, 0.4) is 0 Å². The molecule has 0 saturated heterocycles. The van der Waals surface area contributed by atoms with Crippen LogP contribution in [0.25, 0.3) is 0 Å². The van der Waals surface area contributed by atoms with E-state index in [9.17, 15) is 4.79 Å². The molecule has 4 nitrogen and oxygen atoms in total. The Kier molecular flexibility index (Phi) is 8.21. The van der Waals surface area contributed by atoms with E-state index in [4.69, 9.17) is 14.2 Å². The summed E-state index contributed by atoms with van der Waals surface area (Å²) in [5.74, 6) is -0.139. The van der Waals surface area contributed by atoms with Gasteiger partial charge in [-0.15, -0.1) is 0 Å². The second-order valence-electron chi connectivity index (χ2n) is 4.25. The number of carbonyl (C=O) groups excluding carboxylic acids is 1. The molecule has 0 unspecified atom stereocenters. The van der Waals surface area contributed by atoms with Gasteiger partial charge in [-0.05, 0) is 27.2 Å². The van der Waals surface area contributed by atoms with Gasteiger partial charge in [0.15, 0.2) is 0 Å². The van der Waals surface area contributed by atoms with Crippen LogP contribution in [0, 0.1) is 5.41 Å². The van der Waals surface area contributed by atoms with Crippen molar-refractivity contribution < 1.29 is 19.0 Å². The van der Waals surface area contributed by atoms with Gasteiger partial charge in [-0.3, -0.25) is 4.79 Å². The molecule has 96 valence electrons. The van der Waals surface area contributed by atoms with Gasteiger partial charge in [0.25, 0.3) is 0 Å². The van der Waals surface area contributed by atoms with E-state index in [1.165, 1.54) is 0 Å². The van der Waals surface area contributed by atoms with E-state index >= 15 is 0 Å². The minimum absolute atomic E-state index is 0.139. The van der Waals surface area contributed by atoms with Crippen molar-refractivity contribution in [3.63, 3.8) is 0 Å². The molecule has 0 N–H and O–H groups in total. The lowest BCUT2D eigenvalue weighted by atomic mass is 9.91. The third kappa shape index (κ3) is 6.80. The summed E-state index contributed by atoms with van der Waals surface area (Å²) >= 11 is 0. The van der Waals surface area contributed by atoms with Gasteiger partial charge in [-0.1, -0.05) is 6.92 Å². The first-order valence-electron chi connectivity index (χ1n) is 5.87. The Labute approximate surface area is 98.3 Å².